The molecule has 2 atom stereocenters. The largest absolute Gasteiger partial charge is 0.309 e. The van der Waals surface area contributed by atoms with Crippen LogP contribution in [0.4, 0.5) is 10.1 Å². The van der Waals surface area contributed by atoms with Gasteiger partial charge in [0.15, 0.2) is 0 Å². The lowest BCUT2D eigenvalue weighted by atomic mass is 10.1. The molecule has 1 saturated carbocycles. The van der Waals surface area contributed by atoms with Gasteiger partial charge in [-0.1, -0.05) is 13.3 Å². The van der Waals surface area contributed by atoms with E-state index in [0.717, 1.165) is 18.9 Å². The van der Waals surface area contributed by atoms with Crippen LogP contribution in [0.15, 0.2) is 18.2 Å². The minimum atomic E-state index is -0.465. The molecule has 4 nitrogen and oxygen atoms in total. The highest BCUT2D eigenvalue weighted by atomic mass is 19.1. The van der Waals surface area contributed by atoms with E-state index in [2.05, 4.69) is 12.2 Å². The number of nitrogens with zero attached hydrogens (tertiary/aromatic N) is 1. The highest BCUT2D eigenvalue weighted by molar-refractivity contribution is 5.40. The molecule has 98 valence electrons. The zero-order chi connectivity index (χ0) is 13.1. The van der Waals surface area contributed by atoms with Gasteiger partial charge in [-0.2, -0.15) is 0 Å². The summed E-state index contributed by atoms with van der Waals surface area (Å²) < 4.78 is 13.1. The Labute approximate surface area is 105 Å². The topological polar surface area (TPSA) is 55.2 Å². The average Bonchev–Trinajstić information content (AvgIpc) is 3.05. The van der Waals surface area contributed by atoms with Gasteiger partial charge in [-0.25, -0.2) is 4.39 Å². The molecule has 2 rings (SSSR count). The lowest BCUT2D eigenvalue weighted by Crippen LogP contribution is -2.18. The molecular formula is C13H17FN2O2. The Morgan fingerprint density at radius 3 is 3.00 bits per heavy atom. The van der Waals surface area contributed by atoms with Crippen LogP contribution >= 0.6 is 0 Å². The summed E-state index contributed by atoms with van der Waals surface area (Å²) in [5, 5.41) is 14.1. The number of hydrogen-bond acceptors (Lipinski definition) is 3. The zero-order valence-corrected chi connectivity index (χ0v) is 10.4. The van der Waals surface area contributed by atoms with Crippen molar-refractivity contribution in [3.63, 3.8) is 0 Å². The highest BCUT2D eigenvalue weighted by Gasteiger charge is 2.35. The molecule has 0 aliphatic heterocycles. The van der Waals surface area contributed by atoms with E-state index in [-0.39, 0.29) is 5.69 Å². The number of nitro groups is 1. The van der Waals surface area contributed by atoms with Crippen LogP contribution in [0.3, 0.4) is 0 Å². The Kier molecular flexibility index (Phi) is 3.91. The van der Waals surface area contributed by atoms with Crippen LogP contribution in [0.25, 0.3) is 0 Å². The number of nitrogens with one attached hydrogen (secondary N) is 1. The molecular weight excluding hydrogens is 235 g/mol. The van der Waals surface area contributed by atoms with Gasteiger partial charge in [0.1, 0.15) is 5.82 Å². The van der Waals surface area contributed by atoms with Gasteiger partial charge in [0.2, 0.25) is 0 Å². The summed E-state index contributed by atoms with van der Waals surface area (Å²) in [6.45, 7) is 2.51. The summed E-state index contributed by atoms with van der Waals surface area (Å²) in [7, 11) is 0. The molecule has 0 radical (unpaired) electrons. The van der Waals surface area contributed by atoms with Crippen LogP contribution in [-0.2, 0) is 6.54 Å². The molecule has 0 saturated heterocycles. The molecule has 1 aliphatic rings. The van der Waals surface area contributed by atoms with E-state index in [1.807, 2.05) is 0 Å². The Hall–Kier alpha value is -1.49. The summed E-state index contributed by atoms with van der Waals surface area (Å²) >= 11 is 0. The molecule has 0 bridgehead atoms. The SMILES string of the molecule is CCCC1CC1NCc1cc(F)ccc1[N+](=O)[O-]. The lowest BCUT2D eigenvalue weighted by Gasteiger charge is -2.05. The molecule has 0 amide bonds. The second-order valence-corrected chi connectivity index (χ2v) is 4.80. The van der Waals surface area contributed by atoms with Gasteiger partial charge in [-0.3, -0.25) is 10.1 Å². The van der Waals surface area contributed by atoms with E-state index >= 15 is 0 Å². The van der Waals surface area contributed by atoms with Crippen LogP contribution < -0.4 is 5.32 Å². The monoisotopic (exact) mass is 252 g/mol. The first-order valence-electron chi connectivity index (χ1n) is 6.28. The maximum atomic E-state index is 13.1. The van der Waals surface area contributed by atoms with E-state index in [9.17, 15) is 14.5 Å². The first kappa shape index (κ1) is 13.0. The third-order valence-corrected chi connectivity index (χ3v) is 3.37. The van der Waals surface area contributed by atoms with Gasteiger partial charge in [0, 0.05) is 24.2 Å². The fourth-order valence-corrected chi connectivity index (χ4v) is 2.30. The van der Waals surface area contributed by atoms with Crippen molar-refractivity contribution >= 4 is 5.69 Å². The minimum absolute atomic E-state index is 0.0170. The van der Waals surface area contributed by atoms with Crippen molar-refractivity contribution in [2.45, 2.75) is 38.8 Å². The second-order valence-electron chi connectivity index (χ2n) is 4.80. The number of halogens is 1. The Bertz CT molecular complexity index is 451. The molecule has 0 heterocycles. The van der Waals surface area contributed by atoms with E-state index in [4.69, 9.17) is 0 Å². The van der Waals surface area contributed by atoms with Crippen molar-refractivity contribution < 1.29 is 9.31 Å². The number of hydrogen-bond donors (Lipinski definition) is 1. The molecule has 2 unspecified atom stereocenters. The van der Waals surface area contributed by atoms with Crippen molar-refractivity contribution in [2.24, 2.45) is 5.92 Å². The summed E-state index contributed by atoms with van der Waals surface area (Å²) in [5.41, 5.74) is 0.402. The predicted octanol–water partition coefficient (Wildman–Crippen LogP) is 3.01. The van der Waals surface area contributed by atoms with Gasteiger partial charge in [-0.05, 0) is 30.9 Å². The smallest absolute Gasteiger partial charge is 0.274 e. The first-order chi connectivity index (χ1) is 8.61. The zero-order valence-electron chi connectivity index (χ0n) is 10.4. The third kappa shape index (κ3) is 3.04. The standard InChI is InChI=1S/C13H17FN2O2/c1-2-3-9-7-12(9)15-8-10-6-11(14)4-5-13(10)16(17)18/h4-6,9,12,15H,2-3,7-8H2,1H3. The quantitative estimate of drug-likeness (QED) is 0.625. The minimum Gasteiger partial charge on any atom is -0.309 e. The van der Waals surface area contributed by atoms with Crippen molar-refractivity contribution in [3.8, 4) is 0 Å². The predicted molar refractivity (Wildman–Crippen MR) is 66.7 cm³/mol. The lowest BCUT2D eigenvalue weighted by molar-refractivity contribution is -0.385. The molecule has 1 fully saturated rings. The molecule has 0 spiro atoms. The number of benzene rings is 1. The molecule has 0 aromatic heterocycles. The number of rotatable bonds is 6. The maximum Gasteiger partial charge on any atom is 0.274 e. The number of nitro benzene ring substituents is 1. The van der Waals surface area contributed by atoms with Gasteiger partial charge < -0.3 is 5.32 Å². The van der Waals surface area contributed by atoms with Crippen LogP contribution in [0.1, 0.15) is 31.7 Å². The Morgan fingerprint density at radius 2 is 2.33 bits per heavy atom. The van der Waals surface area contributed by atoms with E-state index in [0.29, 0.717) is 24.1 Å². The van der Waals surface area contributed by atoms with Gasteiger partial charge in [-0.15, -0.1) is 0 Å². The molecule has 1 aliphatic carbocycles. The third-order valence-electron chi connectivity index (χ3n) is 3.37. The van der Waals surface area contributed by atoms with Crippen molar-refractivity contribution in [1.82, 2.24) is 5.32 Å². The van der Waals surface area contributed by atoms with Crippen molar-refractivity contribution in [3.05, 3.63) is 39.7 Å². The fraction of sp³-hybridized carbons (Fsp3) is 0.538. The fourth-order valence-electron chi connectivity index (χ4n) is 2.30. The van der Waals surface area contributed by atoms with Crippen LogP contribution in [0.5, 0.6) is 0 Å². The molecule has 18 heavy (non-hydrogen) atoms. The van der Waals surface area contributed by atoms with Gasteiger partial charge in [0.25, 0.3) is 5.69 Å². The molecule has 1 aromatic carbocycles. The average molecular weight is 252 g/mol. The van der Waals surface area contributed by atoms with Crippen molar-refractivity contribution in [1.29, 1.82) is 0 Å². The van der Waals surface area contributed by atoms with Crippen LogP contribution in [-0.4, -0.2) is 11.0 Å². The summed E-state index contributed by atoms with van der Waals surface area (Å²) in [4.78, 5) is 10.4. The molecule has 1 N–H and O–H groups in total. The Balaban J connectivity index is 1.96. The van der Waals surface area contributed by atoms with E-state index in [1.165, 1.54) is 18.6 Å². The second kappa shape index (κ2) is 5.44. The maximum absolute atomic E-state index is 13.1. The van der Waals surface area contributed by atoms with Crippen molar-refractivity contribution in [2.75, 3.05) is 0 Å². The molecule has 5 heteroatoms. The van der Waals surface area contributed by atoms with Gasteiger partial charge in [0.05, 0.1) is 4.92 Å². The normalized spacial score (nSPS) is 21.9. The Morgan fingerprint density at radius 1 is 1.56 bits per heavy atom. The summed E-state index contributed by atoms with van der Waals surface area (Å²) in [6, 6.07) is 4.02. The van der Waals surface area contributed by atoms with Crippen LogP contribution in [0, 0.1) is 21.8 Å². The van der Waals surface area contributed by atoms with Gasteiger partial charge >= 0.3 is 0 Å². The molecule has 1 aromatic rings. The first-order valence-corrected chi connectivity index (χ1v) is 6.28. The van der Waals surface area contributed by atoms with E-state index < -0.39 is 10.7 Å². The summed E-state index contributed by atoms with van der Waals surface area (Å²) in [6.07, 6.45) is 3.46. The summed E-state index contributed by atoms with van der Waals surface area (Å²) in [5.74, 6) is 0.251. The van der Waals surface area contributed by atoms with Crippen LogP contribution in [0.2, 0.25) is 0 Å². The highest BCUT2D eigenvalue weighted by Crippen LogP contribution is 2.35. The van der Waals surface area contributed by atoms with E-state index in [1.54, 1.807) is 0 Å².